The molecule has 0 aromatic heterocycles. The number of piperazine rings is 1. The monoisotopic (exact) mass is 519 g/mol. The van der Waals surface area contributed by atoms with Gasteiger partial charge in [0.15, 0.2) is 17.3 Å². The molecule has 2 aliphatic rings. The third kappa shape index (κ3) is 6.67. The second kappa shape index (κ2) is 12.2. The summed E-state index contributed by atoms with van der Waals surface area (Å²) in [5, 5.41) is 9.22. The van der Waals surface area contributed by atoms with Crippen molar-refractivity contribution in [2.45, 2.75) is 64.6 Å². The molecule has 3 atom stereocenters. The number of hydrogen-bond donors (Lipinski definition) is 0. The van der Waals surface area contributed by atoms with Crippen molar-refractivity contribution in [2.24, 2.45) is 5.41 Å². The van der Waals surface area contributed by atoms with Crippen molar-refractivity contribution in [3.63, 3.8) is 0 Å². The van der Waals surface area contributed by atoms with Crippen molar-refractivity contribution >= 4 is 5.78 Å². The van der Waals surface area contributed by atoms with Crippen LogP contribution in [-0.4, -0.2) is 68.1 Å². The molecule has 2 fully saturated rings. The maximum absolute atomic E-state index is 12.6. The van der Waals surface area contributed by atoms with Crippen molar-refractivity contribution in [1.82, 2.24) is 9.80 Å². The van der Waals surface area contributed by atoms with Gasteiger partial charge in [-0.1, -0.05) is 32.9 Å². The SMILES string of the molecule is COc1ccc(OC(CCCN2C3CCC2CN(CC(=O)C(C)(C)C)C3)c2ccc(C#N)cc2)cc1OC. The van der Waals surface area contributed by atoms with Gasteiger partial charge in [-0.3, -0.25) is 14.6 Å². The Hall–Kier alpha value is -3.08. The summed E-state index contributed by atoms with van der Waals surface area (Å²) in [6.07, 6.45) is 4.09. The summed E-state index contributed by atoms with van der Waals surface area (Å²) < 4.78 is 17.3. The molecule has 2 bridgehead atoms. The van der Waals surface area contributed by atoms with Crippen LogP contribution in [0.4, 0.5) is 0 Å². The smallest absolute Gasteiger partial charge is 0.164 e. The van der Waals surface area contributed by atoms with E-state index in [2.05, 4.69) is 15.9 Å². The van der Waals surface area contributed by atoms with E-state index in [-0.39, 0.29) is 11.5 Å². The Morgan fingerprint density at radius 1 is 1.03 bits per heavy atom. The predicted molar refractivity (Wildman–Crippen MR) is 148 cm³/mol. The van der Waals surface area contributed by atoms with Crippen molar-refractivity contribution in [1.29, 1.82) is 5.26 Å². The fourth-order valence-electron chi connectivity index (χ4n) is 5.59. The Bertz CT molecular complexity index is 1120. The third-order valence-electron chi connectivity index (χ3n) is 7.84. The summed E-state index contributed by atoms with van der Waals surface area (Å²) in [6.45, 7) is 9.54. The highest BCUT2D eigenvalue weighted by molar-refractivity contribution is 5.85. The number of likely N-dealkylation sites (tertiary alicyclic amines) is 1. The predicted octanol–water partition coefficient (Wildman–Crippen LogP) is 5.24. The van der Waals surface area contributed by atoms with Crippen LogP contribution in [0.2, 0.25) is 0 Å². The molecule has 2 aromatic rings. The zero-order valence-corrected chi connectivity index (χ0v) is 23.4. The van der Waals surface area contributed by atoms with Crippen molar-refractivity contribution in [3.8, 4) is 23.3 Å². The van der Waals surface area contributed by atoms with Crippen LogP contribution in [0.25, 0.3) is 0 Å². The lowest BCUT2D eigenvalue weighted by molar-refractivity contribution is -0.128. The van der Waals surface area contributed by atoms with Crippen LogP contribution in [-0.2, 0) is 4.79 Å². The van der Waals surface area contributed by atoms with Crippen LogP contribution in [0.1, 0.15) is 63.7 Å². The van der Waals surface area contributed by atoms with E-state index in [4.69, 9.17) is 14.2 Å². The maximum atomic E-state index is 12.6. The van der Waals surface area contributed by atoms with E-state index in [1.807, 2.05) is 63.2 Å². The molecular formula is C31H41N3O4. The van der Waals surface area contributed by atoms with Gasteiger partial charge >= 0.3 is 0 Å². The van der Waals surface area contributed by atoms with Gasteiger partial charge in [0.25, 0.3) is 0 Å². The highest BCUT2D eigenvalue weighted by atomic mass is 16.5. The van der Waals surface area contributed by atoms with Crippen molar-refractivity contribution in [3.05, 3.63) is 53.6 Å². The van der Waals surface area contributed by atoms with Crippen molar-refractivity contribution in [2.75, 3.05) is 40.4 Å². The number of nitriles is 1. The molecule has 0 amide bonds. The molecule has 7 nitrogen and oxygen atoms in total. The molecule has 2 saturated heterocycles. The number of fused-ring (bicyclic) bond motifs is 2. The van der Waals surface area contributed by atoms with Gasteiger partial charge in [-0.2, -0.15) is 5.26 Å². The van der Waals surface area contributed by atoms with Crippen molar-refractivity contribution < 1.29 is 19.0 Å². The molecule has 2 heterocycles. The number of methoxy groups -OCH3 is 2. The van der Waals surface area contributed by atoms with Crippen LogP contribution in [0, 0.1) is 16.7 Å². The van der Waals surface area contributed by atoms with Gasteiger partial charge < -0.3 is 14.2 Å². The van der Waals surface area contributed by atoms with Gasteiger partial charge in [-0.05, 0) is 62.1 Å². The largest absolute Gasteiger partial charge is 0.493 e. The number of ketones is 1. The lowest BCUT2D eigenvalue weighted by atomic mass is 9.90. The average molecular weight is 520 g/mol. The molecule has 0 radical (unpaired) electrons. The van der Waals surface area contributed by atoms with E-state index >= 15 is 0 Å². The summed E-state index contributed by atoms with van der Waals surface area (Å²) in [4.78, 5) is 17.6. The number of nitrogens with zero attached hydrogens (tertiary/aromatic N) is 3. The Labute approximate surface area is 227 Å². The molecule has 204 valence electrons. The van der Waals surface area contributed by atoms with Gasteiger partial charge in [-0.15, -0.1) is 0 Å². The fourth-order valence-corrected chi connectivity index (χ4v) is 5.59. The highest BCUT2D eigenvalue weighted by Gasteiger charge is 2.40. The second-order valence-electron chi connectivity index (χ2n) is 11.5. The number of carbonyl (C=O) groups excluding carboxylic acids is 1. The summed E-state index contributed by atoms with van der Waals surface area (Å²) in [7, 11) is 3.24. The molecule has 3 unspecified atom stereocenters. The number of Topliss-reactive ketones (excluding diaryl/α,β-unsaturated/α-hetero) is 1. The molecule has 4 rings (SSSR count). The minimum absolute atomic E-state index is 0.149. The first kappa shape index (κ1) is 27.9. The standard InChI is InChI=1S/C31H41N3O4/c1-31(2,3)30(35)21-33-19-24-12-13-25(20-33)34(24)16-6-7-27(23-10-8-22(18-32)9-11-23)38-26-14-15-28(36-4)29(17-26)37-5/h8-11,14-15,17,24-25,27H,6-7,12-13,16,19-21H2,1-5H3. The van der Waals surface area contributed by atoms with Gasteiger partial charge in [0.2, 0.25) is 0 Å². The van der Waals surface area contributed by atoms with Crippen LogP contribution >= 0.6 is 0 Å². The van der Waals surface area contributed by atoms with Gasteiger partial charge in [0.1, 0.15) is 11.9 Å². The Morgan fingerprint density at radius 3 is 2.26 bits per heavy atom. The lowest BCUT2D eigenvalue weighted by Gasteiger charge is -2.41. The molecule has 2 aliphatic heterocycles. The lowest BCUT2D eigenvalue weighted by Crippen LogP contribution is -2.55. The van der Waals surface area contributed by atoms with E-state index in [0.29, 0.717) is 47.2 Å². The molecule has 2 aromatic carbocycles. The minimum Gasteiger partial charge on any atom is -0.493 e. The quantitative estimate of drug-likeness (QED) is 0.402. The molecule has 0 saturated carbocycles. The van der Waals surface area contributed by atoms with Crippen LogP contribution in [0.3, 0.4) is 0 Å². The average Bonchev–Trinajstić information content (AvgIpc) is 3.14. The Kier molecular flexibility index (Phi) is 8.96. The fraction of sp³-hybridized carbons (Fsp3) is 0.548. The third-order valence-corrected chi connectivity index (χ3v) is 7.84. The number of benzene rings is 2. The molecule has 0 spiro atoms. The van der Waals surface area contributed by atoms with Crippen LogP contribution in [0.15, 0.2) is 42.5 Å². The molecule has 38 heavy (non-hydrogen) atoms. The van der Waals surface area contributed by atoms with E-state index < -0.39 is 0 Å². The molecule has 7 heteroatoms. The highest BCUT2D eigenvalue weighted by Crippen LogP contribution is 2.35. The molecular weight excluding hydrogens is 478 g/mol. The first-order chi connectivity index (χ1) is 18.2. The van der Waals surface area contributed by atoms with Gasteiger partial charge in [0, 0.05) is 36.7 Å². The van der Waals surface area contributed by atoms with E-state index in [1.54, 1.807) is 14.2 Å². The zero-order valence-electron chi connectivity index (χ0n) is 23.4. The minimum atomic E-state index is -0.287. The molecule has 0 N–H and O–H groups in total. The normalized spacial score (nSPS) is 20.5. The van der Waals surface area contributed by atoms with Gasteiger partial charge in [-0.25, -0.2) is 0 Å². The first-order valence-electron chi connectivity index (χ1n) is 13.6. The summed E-state index contributed by atoms with van der Waals surface area (Å²) in [5.41, 5.74) is 1.40. The summed E-state index contributed by atoms with van der Waals surface area (Å²) in [6, 6.07) is 16.5. The second-order valence-corrected chi connectivity index (χ2v) is 11.5. The number of carbonyl (C=O) groups is 1. The Morgan fingerprint density at radius 2 is 1.68 bits per heavy atom. The Balaban J connectivity index is 1.40. The number of hydrogen-bond acceptors (Lipinski definition) is 7. The van der Waals surface area contributed by atoms with E-state index in [0.717, 1.165) is 38.0 Å². The topological polar surface area (TPSA) is 75.0 Å². The maximum Gasteiger partial charge on any atom is 0.164 e. The van der Waals surface area contributed by atoms with Gasteiger partial charge in [0.05, 0.1) is 32.4 Å². The van der Waals surface area contributed by atoms with E-state index in [9.17, 15) is 10.1 Å². The number of rotatable bonds is 11. The van der Waals surface area contributed by atoms with Crippen LogP contribution in [0.5, 0.6) is 17.2 Å². The molecule has 0 aliphatic carbocycles. The summed E-state index contributed by atoms with van der Waals surface area (Å²) in [5.74, 6) is 2.33. The first-order valence-corrected chi connectivity index (χ1v) is 13.6. The zero-order chi connectivity index (χ0) is 27.3. The summed E-state index contributed by atoms with van der Waals surface area (Å²) >= 11 is 0. The van der Waals surface area contributed by atoms with Crippen LogP contribution < -0.4 is 14.2 Å². The van der Waals surface area contributed by atoms with E-state index in [1.165, 1.54) is 12.8 Å². The number of ether oxygens (including phenoxy) is 3.